The molecule has 27 heavy (non-hydrogen) atoms. The summed E-state index contributed by atoms with van der Waals surface area (Å²) < 4.78 is 28.6. The molecule has 0 bridgehead atoms. The fraction of sp³-hybridized carbons (Fsp3) is 0.400. The molecule has 7 heteroatoms. The quantitative estimate of drug-likeness (QED) is 0.837. The normalized spacial score (nSPS) is 16.4. The number of hydrogen-bond donors (Lipinski definition) is 1. The van der Waals surface area contributed by atoms with Gasteiger partial charge in [-0.25, -0.2) is 8.78 Å². The topological polar surface area (TPSA) is 45.2 Å². The van der Waals surface area contributed by atoms with Crippen LogP contribution in [0.25, 0.3) is 0 Å². The minimum absolute atomic E-state index is 0.0258. The van der Waals surface area contributed by atoms with Gasteiger partial charge in [0.25, 0.3) is 5.91 Å². The molecule has 2 heterocycles. The van der Waals surface area contributed by atoms with Gasteiger partial charge in [0.05, 0.1) is 10.7 Å². The van der Waals surface area contributed by atoms with E-state index in [0.717, 1.165) is 17.3 Å². The van der Waals surface area contributed by atoms with Gasteiger partial charge in [-0.05, 0) is 36.8 Å². The second kappa shape index (κ2) is 8.31. The number of aryl methyl sites for hydroxylation is 1. The number of carbonyl (C=O) groups excluding carboxylic acids is 1. The summed E-state index contributed by atoms with van der Waals surface area (Å²) in [5.41, 5.74) is 0.805. The van der Waals surface area contributed by atoms with Crippen molar-refractivity contribution in [1.29, 1.82) is 0 Å². The summed E-state index contributed by atoms with van der Waals surface area (Å²) in [7, 11) is 0. The summed E-state index contributed by atoms with van der Waals surface area (Å²) in [4.78, 5) is 18.3. The molecule has 1 amide bonds. The number of piperidine rings is 1. The van der Waals surface area contributed by atoms with Crippen molar-refractivity contribution in [1.82, 2.24) is 15.2 Å². The number of nitrogens with one attached hydrogen (secondary N) is 1. The van der Waals surface area contributed by atoms with Gasteiger partial charge in [0.1, 0.15) is 11.5 Å². The molecule has 1 aromatic carbocycles. The monoisotopic (exact) mass is 393 g/mol. The van der Waals surface area contributed by atoms with Crippen LogP contribution in [-0.4, -0.2) is 41.1 Å². The first-order valence-electron chi connectivity index (χ1n) is 8.92. The Kier molecular flexibility index (Phi) is 6.07. The number of rotatable bonds is 5. The molecule has 0 atom stereocenters. The molecule has 4 nitrogen and oxygen atoms in total. The van der Waals surface area contributed by atoms with Gasteiger partial charge in [-0.1, -0.05) is 17.7 Å². The van der Waals surface area contributed by atoms with Crippen molar-refractivity contribution in [3.05, 3.63) is 64.2 Å². The first-order chi connectivity index (χ1) is 12.9. The zero-order valence-electron chi connectivity index (χ0n) is 15.1. The van der Waals surface area contributed by atoms with Crippen LogP contribution in [-0.2, 0) is 6.54 Å². The van der Waals surface area contributed by atoms with E-state index in [-0.39, 0.29) is 35.9 Å². The predicted molar refractivity (Wildman–Crippen MR) is 101 cm³/mol. The second-order valence-electron chi connectivity index (χ2n) is 7.00. The molecule has 1 N–H and O–H groups in total. The Labute approximate surface area is 162 Å². The van der Waals surface area contributed by atoms with Crippen LogP contribution in [0, 0.1) is 12.7 Å². The smallest absolute Gasteiger partial charge is 0.253 e. The van der Waals surface area contributed by atoms with Gasteiger partial charge in [-0.2, -0.15) is 0 Å². The van der Waals surface area contributed by atoms with E-state index in [9.17, 15) is 13.6 Å². The van der Waals surface area contributed by atoms with Crippen LogP contribution in [0.1, 0.15) is 34.5 Å². The van der Waals surface area contributed by atoms with Crippen molar-refractivity contribution >= 4 is 17.5 Å². The predicted octanol–water partition coefficient (Wildman–Crippen LogP) is 3.92. The first-order valence-corrected chi connectivity index (χ1v) is 9.30. The average molecular weight is 394 g/mol. The molecular formula is C20H22ClF2N3O. The maximum atomic E-state index is 15.0. The van der Waals surface area contributed by atoms with Crippen LogP contribution in [0.4, 0.5) is 8.78 Å². The van der Waals surface area contributed by atoms with Crippen LogP contribution >= 0.6 is 11.6 Å². The Morgan fingerprint density at radius 1 is 1.30 bits per heavy atom. The summed E-state index contributed by atoms with van der Waals surface area (Å²) >= 11 is 5.65. The third kappa shape index (κ3) is 5.02. The lowest BCUT2D eigenvalue weighted by atomic mass is 9.92. The van der Waals surface area contributed by atoms with Gasteiger partial charge in [-0.15, -0.1) is 0 Å². The molecule has 144 valence electrons. The van der Waals surface area contributed by atoms with Gasteiger partial charge >= 0.3 is 0 Å². The molecule has 2 aromatic rings. The van der Waals surface area contributed by atoms with Crippen LogP contribution in [0.5, 0.6) is 0 Å². The first kappa shape index (κ1) is 19.7. The van der Waals surface area contributed by atoms with Crippen LogP contribution < -0.4 is 5.32 Å². The van der Waals surface area contributed by atoms with Crippen molar-refractivity contribution in [3.8, 4) is 0 Å². The number of likely N-dealkylation sites (tertiary alicyclic amines) is 1. The van der Waals surface area contributed by atoms with Crippen molar-refractivity contribution in [3.63, 3.8) is 0 Å². The highest BCUT2D eigenvalue weighted by Crippen LogP contribution is 2.27. The van der Waals surface area contributed by atoms with E-state index >= 15 is 0 Å². The number of alkyl halides is 1. The van der Waals surface area contributed by atoms with Crippen LogP contribution in [0.3, 0.4) is 0 Å². The van der Waals surface area contributed by atoms with Crippen molar-refractivity contribution in [2.24, 2.45) is 0 Å². The SMILES string of the molecule is Cc1ccc(CNCC2(F)CCN(C(=O)c3ccc(Cl)c(F)c3)CC2)nc1. The summed E-state index contributed by atoms with van der Waals surface area (Å²) in [6.45, 7) is 3.27. The summed E-state index contributed by atoms with van der Waals surface area (Å²) in [6.07, 6.45) is 2.26. The molecule has 3 rings (SSSR count). The maximum Gasteiger partial charge on any atom is 0.253 e. The third-order valence-corrected chi connectivity index (χ3v) is 5.14. The highest BCUT2D eigenvalue weighted by Gasteiger charge is 2.35. The van der Waals surface area contributed by atoms with E-state index in [2.05, 4.69) is 10.3 Å². The Bertz CT molecular complexity index is 805. The molecule has 0 spiro atoms. The fourth-order valence-corrected chi connectivity index (χ4v) is 3.23. The number of pyridine rings is 1. The van der Waals surface area contributed by atoms with Gasteiger partial charge in [-0.3, -0.25) is 9.78 Å². The number of amides is 1. The van der Waals surface area contributed by atoms with Gasteiger partial charge in [0.15, 0.2) is 0 Å². The Hall–Kier alpha value is -2.05. The molecular weight excluding hydrogens is 372 g/mol. The largest absolute Gasteiger partial charge is 0.338 e. The molecule has 1 aliphatic heterocycles. The zero-order valence-corrected chi connectivity index (χ0v) is 15.9. The maximum absolute atomic E-state index is 15.0. The molecule has 0 aliphatic carbocycles. The standard InChI is InChI=1S/C20H22ClF2N3O/c1-14-2-4-16(25-11-14)12-24-13-20(23)6-8-26(9-7-20)19(27)15-3-5-17(21)18(22)10-15/h2-5,10-11,24H,6-9,12-13H2,1H3. The minimum Gasteiger partial charge on any atom is -0.338 e. The number of carbonyl (C=O) groups is 1. The molecule has 0 saturated carbocycles. The lowest BCUT2D eigenvalue weighted by Crippen LogP contribution is -2.48. The van der Waals surface area contributed by atoms with E-state index in [0.29, 0.717) is 19.6 Å². The Balaban J connectivity index is 1.50. The number of halogens is 3. The second-order valence-corrected chi connectivity index (χ2v) is 7.41. The molecule has 0 unspecified atom stereocenters. The van der Waals surface area contributed by atoms with E-state index in [4.69, 9.17) is 11.6 Å². The van der Waals surface area contributed by atoms with E-state index in [1.165, 1.54) is 12.1 Å². The van der Waals surface area contributed by atoms with Gasteiger partial charge < -0.3 is 10.2 Å². The molecule has 1 aromatic heterocycles. The molecule has 1 saturated heterocycles. The van der Waals surface area contributed by atoms with Crippen molar-refractivity contribution in [2.75, 3.05) is 19.6 Å². The summed E-state index contributed by atoms with van der Waals surface area (Å²) in [6, 6.07) is 7.86. The summed E-state index contributed by atoms with van der Waals surface area (Å²) in [5, 5.41) is 3.09. The number of nitrogens with zero attached hydrogens (tertiary/aromatic N) is 2. The lowest BCUT2D eigenvalue weighted by molar-refractivity contribution is 0.0434. The average Bonchev–Trinajstić information content (AvgIpc) is 2.66. The fourth-order valence-electron chi connectivity index (χ4n) is 3.12. The third-order valence-electron chi connectivity index (χ3n) is 4.83. The van der Waals surface area contributed by atoms with Gasteiger partial charge in [0.2, 0.25) is 0 Å². The zero-order chi connectivity index (χ0) is 19.4. The van der Waals surface area contributed by atoms with E-state index in [1.807, 2.05) is 19.1 Å². The lowest BCUT2D eigenvalue weighted by Gasteiger charge is -2.36. The van der Waals surface area contributed by atoms with E-state index in [1.54, 1.807) is 11.1 Å². The Morgan fingerprint density at radius 3 is 2.67 bits per heavy atom. The highest BCUT2D eigenvalue weighted by molar-refractivity contribution is 6.30. The van der Waals surface area contributed by atoms with Crippen molar-refractivity contribution < 1.29 is 13.6 Å². The minimum atomic E-state index is -1.37. The van der Waals surface area contributed by atoms with Crippen molar-refractivity contribution in [2.45, 2.75) is 32.0 Å². The Morgan fingerprint density at radius 2 is 2.04 bits per heavy atom. The number of benzene rings is 1. The molecule has 0 radical (unpaired) electrons. The molecule has 1 fully saturated rings. The highest BCUT2D eigenvalue weighted by atomic mass is 35.5. The van der Waals surface area contributed by atoms with Crippen LogP contribution in [0.15, 0.2) is 36.5 Å². The van der Waals surface area contributed by atoms with Gasteiger partial charge in [0, 0.05) is 50.8 Å². The molecule has 1 aliphatic rings. The van der Waals surface area contributed by atoms with Crippen LogP contribution in [0.2, 0.25) is 5.02 Å². The van der Waals surface area contributed by atoms with E-state index < -0.39 is 11.5 Å². The number of aromatic nitrogens is 1. The summed E-state index contributed by atoms with van der Waals surface area (Å²) in [5.74, 6) is -0.933. The number of hydrogen-bond acceptors (Lipinski definition) is 3.